The third-order valence-corrected chi connectivity index (χ3v) is 4.29. The molecule has 0 aliphatic heterocycles. The first-order chi connectivity index (χ1) is 12.6. The highest BCUT2D eigenvalue weighted by molar-refractivity contribution is 6.30. The van der Waals surface area contributed by atoms with Crippen LogP contribution in [0.5, 0.6) is 5.75 Å². The van der Waals surface area contributed by atoms with Crippen molar-refractivity contribution in [1.82, 2.24) is 0 Å². The molecular weight excluding hydrogens is 352 g/mol. The summed E-state index contributed by atoms with van der Waals surface area (Å²) in [6.45, 7) is 2.68. The SMILES string of the molecule is CCCCCOC(=O)CCCCCCCCC(=O)Oc1cccc(Cl)c1. The van der Waals surface area contributed by atoms with Gasteiger partial charge in [0.05, 0.1) is 6.61 Å². The van der Waals surface area contributed by atoms with Gasteiger partial charge in [-0.15, -0.1) is 0 Å². The normalized spacial score (nSPS) is 10.5. The molecule has 4 nitrogen and oxygen atoms in total. The van der Waals surface area contributed by atoms with Gasteiger partial charge in [-0.05, 0) is 37.5 Å². The maximum Gasteiger partial charge on any atom is 0.311 e. The Labute approximate surface area is 162 Å². The smallest absolute Gasteiger partial charge is 0.311 e. The topological polar surface area (TPSA) is 52.6 Å². The van der Waals surface area contributed by atoms with E-state index < -0.39 is 0 Å². The fourth-order valence-electron chi connectivity index (χ4n) is 2.57. The molecule has 146 valence electrons. The Morgan fingerprint density at radius 3 is 2.19 bits per heavy atom. The van der Waals surface area contributed by atoms with E-state index in [1.54, 1.807) is 24.3 Å². The van der Waals surface area contributed by atoms with Crippen molar-refractivity contribution in [2.24, 2.45) is 0 Å². The summed E-state index contributed by atoms with van der Waals surface area (Å²) in [5.74, 6) is 0.187. The second-order valence-corrected chi connectivity index (χ2v) is 6.92. The van der Waals surface area contributed by atoms with Gasteiger partial charge in [0.2, 0.25) is 0 Å². The summed E-state index contributed by atoms with van der Waals surface area (Å²) in [6, 6.07) is 6.85. The van der Waals surface area contributed by atoms with Crippen molar-refractivity contribution in [3.8, 4) is 5.75 Å². The van der Waals surface area contributed by atoms with Crippen LogP contribution in [-0.4, -0.2) is 18.5 Å². The van der Waals surface area contributed by atoms with Gasteiger partial charge >= 0.3 is 11.9 Å². The Morgan fingerprint density at radius 2 is 1.54 bits per heavy atom. The van der Waals surface area contributed by atoms with Crippen molar-refractivity contribution >= 4 is 23.5 Å². The molecule has 1 rings (SSSR count). The van der Waals surface area contributed by atoms with Crippen LogP contribution in [-0.2, 0) is 14.3 Å². The van der Waals surface area contributed by atoms with E-state index in [1.807, 2.05) is 0 Å². The highest BCUT2D eigenvalue weighted by Gasteiger charge is 2.05. The molecule has 1 aromatic rings. The van der Waals surface area contributed by atoms with Crippen LogP contribution < -0.4 is 4.74 Å². The third-order valence-electron chi connectivity index (χ3n) is 4.05. The first-order valence-electron chi connectivity index (χ1n) is 9.73. The standard InChI is InChI=1S/C21H31ClO4/c1-2-3-10-16-25-20(23)14-8-6-4-5-7-9-15-21(24)26-19-13-11-12-18(22)17-19/h11-13,17H,2-10,14-16H2,1H3. The van der Waals surface area contributed by atoms with E-state index in [4.69, 9.17) is 21.1 Å². The van der Waals surface area contributed by atoms with Crippen LogP contribution in [0.4, 0.5) is 0 Å². The van der Waals surface area contributed by atoms with E-state index in [0.717, 1.165) is 57.8 Å². The number of benzene rings is 1. The molecule has 0 aliphatic rings. The van der Waals surface area contributed by atoms with Crippen molar-refractivity contribution in [2.75, 3.05) is 6.61 Å². The van der Waals surface area contributed by atoms with Crippen molar-refractivity contribution in [2.45, 2.75) is 77.6 Å². The minimum absolute atomic E-state index is 0.0788. The average Bonchev–Trinajstić information content (AvgIpc) is 2.61. The maximum absolute atomic E-state index is 11.7. The molecule has 0 N–H and O–H groups in total. The van der Waals surface area contributed by atoms with E-state index in [9.17, 15) is 9.59 Å². The average molecular weight is 383 g/mol. The van der Waals surface area contributed by atoms with Crippen LogP contribution in [0.1, 0.15) is 77.6 Å². The van der Waals surface area contributed by atoms with Crippen LogP contribution in [0, 0.1) is 0 Å². The zero-order chi connectivity index (χ0) is 19.0. The number of halogens is 1. The summed E-state index contributed by atoms with van der Waals surface area (Å²) in [5, 5.41) is 0.556. The monoisotopic (exact) mass is 382 g/mol. The van der Waals surface area contributed by atoms with E-state index in [0.29, 0.717) is 30.2 Å². The zero-order valence-electron chi connectivity index (χ0n) is 15.8. The van der Waals surface area contributed by atoms with Gasteiger partial charge in [-0.3, -0.25) is 9.59 Å². The predicted molar refractivity (Wildman–Crippen MR) is 105 cm³/mol. The van der Waals surface area contributed by atoms with Gasteiger partial charge in [0.1, 0.15) is 5.75 Å². The van der Waals surface area contributed by atoms with Gasteiger partial charge < -0.3 is 9.47 Å². The summed E-state index contributed by atoms with van der Waals surface area (Å²) in [4.78, 5) is 23.3. The Morgan fingerprint density at radius 1 is 0.885 bits per heavy atom. The van der Waals surface area contributed by atoms with E-state index in [1.165, 1.54) is 0 Å². The quantitative estimate of drug-likeness (QED) is 0.221. The first-order valence-corrected chi connectivity index (χ1v) is 10.1. The van der Waals surface area contributed by atoms with Crippen LogP contribution in [0.15, 0.2) is 24.3 Å². The fraction of sp³-hybridized carbons (Fsp3) is 0.619. The molecule has 0 fully saturated rings. The molecule has 0 heterocycles. The Kier molecular flexibility index (Phi) is 12.6. The molecular formula is C21H31ClO4. The highest BCUT2D eigenvalue weighted by atomic mass is 35.5. The number of esters is 2. The molecule has 0 bridgehead atoms. The number of hydrogen-bond acceptors (Lipinski definition) is 4. The van der Waals surface area contributed by atoms with Crippen molar-refractivity contribution < 1.29 is 19.1 Å². The molecule has 0 atom stereocenters. The van der Waals surface area contributed by atoms with E-state index >= 15 is 0 Å². The number of rotatable bonds is 14. The predicted octanol–water partition coefficient (Wildman–Crippen LogP) is 6.10. The van der Waals surface area contributed by atoms with Crippen LogP contribution in [0.3, 0.4) is 0 Å². The zero-order valence-corrected chi connectivity index (χ0v) is 16.6. The molecule has 0 radical (unpaired) electrons. The van der Waals surface area contributed by atoms with Gasteiger partial charge in [0, 0.05) is 17.9 Å². The van der Waals surface area contributed by atoms with E-state index in [-0.39, 0.29) is 11.9 Å². The number of hydrogen-bond donors (Lipinski definition) is 0. The molecule has 1 aromatic carbocycles. The largest absolute Gasteiger partial charge is 0.466 e. The lowest BCUT2D eigenvalue weighted by Gasteiger charge is -2.05. The Bertz CT molecular complexity index is 530. The Balaban J connectivity index is 1.92. The molecule has 0 spiro atoms. The second-order valence-electron chi connectivity index (χ2n) is 6.48. The van der Waals surface area contributed by atoms with Gasteiger partial charge in [0.25, 0.3) is 0 Å². The maximum atomic E-state index is 11.7. The first kappa shape index (κ1) is 22.5. The lowest BCUT2D eigenvalue weighted by molar-refractivity contribution is -0.144. The van der Waals surface area contributed by atoms with Crippen molar-refractivity contribution in [3.05, 3.63) is 29.3 Å². The summed E-state index contributed by atoms with van der Waals surface area (Å²) in [5.41, 5.74) is 0. The molecule has 0 aliphatic carbocycles. The van der Waals surface area contributed by atoms with E-state index in [2.05, 4.69) is 6.92 Å². The lowest BCUT2D eigenvalue weighted by Crippen LogP contribution is -2.07. The second kappa shape index (κ2) is 14.6. The molecule has 26 heavy (non-hydrogen) atoms. The van der Waals surface area contributed by atoms with Gasteiger partial charge in [-0.1, -0.05) is 63.1 Å². The lowest BCUT2D eigenvalue weighted by atomic mass is 10.1. The molecule has 0 saturated heterocycles. The summed E-state index contributed by atoms with van der Waals surface area (Å²) >= 11 is 5.85. The number of carbonyl (C=O) groups is 2. The molecule has 0 amide bonds. The number of carbonyl (C=O) groups excluding carboxylic acids is 2. The minimum Gasteiger partial charge on any atom is -0.466 e. The van der Waals surface area contributed by atoms with Crippen LogP contribution in [0.25, 0.3) is 0 Å². The fourth-order valence-corrected chi connectivity index (χ4v) is 2.75. The number of unbranched alkanes of at least 4 members (excludes halogenated alkanes) is 7. The molecule has 5 heteroatoms. The molecule has 0 aromatic heterocycles. The molecule has 0 unspecified atom stereocenters. The molecule has 0 saturated carbocycles. The van der Waals surface area contributed by atoms with Crippen molar-refractivity contribution in [3.63, 3.8) is 0 Å². The third kappa shape index (κ3) is 11.9. The van der Waals surface area contributed by atoms with Crippen LogP contribution >= 0.6 is 11.6 Å². The highest BCUT2D eigenvalue weighted by Crippen LogP contribution is 2.18. The van der Waals surface area contributed by atoms with Crippen LogP contribution in [0.2, 0.25) is 5.02 Å². The minimum atomic E-state index is -0.224. The number of ether oxygens (including phenoxy) is 2. The van der Waals surface area contributed by atoms with Gasteiger partial charge in [0.15, 0.2) is 0 Å². The van der Waals surface area contributed by atoms with Crippen molar-refractivity contribution in [1.29, 1.82) is 0 Å². The summed E-state index contributed by atoms with van der Waals surface area (Å²) in [7, 11) is 0. The summed E-state index contributed by atoms with van der Waals surface area (Å²) < 4.78 is 10.4. The summed E-state index contributed by atoms with van der Waals surface area (Å²) in [6.07, 6.45) is 9.99. The van der Waals surface area contributed by atoms with Gasteiger partial charge in [-0.2, -0.15) is 0 Å². The Hall–Kier alpha value is -1.55. The van der Waals surface area contributed by atoms with Gasteiger partial charge in [-0.25, -0.2) is 0 Å².